The summed E-state index contributed by atoms with van der Waals surface area (Å²) in [5, 5.41) is 9.73. The molecule has 4 unspecified atom stereocenters. The number of carbonyl (C=O) groups excluding carboxylic acids is 2. The Labute approximate surface area is 175 Å². The predicted molar refractivity (Wildman–Crippen MR) is 109 cm³/mol. The zero-order valence-electron chi connectivity index (χ0n) is 16.8. The van der Waals surface area contributed by atoms with Gasteiger partial charge in [0, 0.05) is 18.9 Å². The van der Waals surface area contributed by atoms with Crippen molar-refractivity contribution in [3.8, 4) is 5.75 Å². The first-order valence-corrected chi connectivity index (χ1v) is 10.5. The van der Waals surface area contributed by atoms with E-state index in [9.17, 15) is 14.7 Å². The maximum atomic E-state index is 13.6. The van der Waals surface area contributed by atoms with Crippen molar-refractivity contribution >= 4 is 11.7 Å². The monoisotopic (exact) mass is 404 g/mol. The molecular weight excluding hydrogens is 380 g/mol. The van der Waals surface area contributed by atoms with E-state index in [-0.39, 0.29) is 35.2 Å². The number of ketones is 1. The van der Waals surface area contributed by atoms with Crippen LogP contribution in [0.4, 0.5) is 0 Å². The first-order chi connectivity index (χ1) is 14.5. The van der Waals surface area contributed by atoms with Crippen LogP contribution in [0.3, 0.4) is 0 Å². The second-order valence-electron chi connectivity index (χ2n) is 8.58. The number of amides is 1. The molecule has 1 amide bonds. The minimum absolute atomic E-state index is 0.0351. The van der Waals surface area contributed by atoms with Gasteiger partial charge in [0.1, 0.15) is 11.9 Å². The zero-order chi connectivity index (χ0) is 20.8. The third-order valence-corrected chi connectivity index (χ3v) is 6.49. The SMILES string of the molecule is CC1CCC2OC3=C(C(=O)C2C1)C(c1ccc(O)cc1)N(Cc1cccnc1)C3=O. The van der Waals surface area contributed by atoms with Crippen LogP contribution >= 0.6 is 0 Å². The van der Waals surface area contributed by atoms with E-state index in [0.29, 0.717) is 18.0 Å². The normalized spacial score (nSPS) is 28.2. The number of ether oxygens (including phenoxy) is 1. The van der Waals surface area contributed by atoms with E-state index in [0.717, 1.165) is 30.4 Å². The van der Waals surface area contributed by atoms with E-state index in [4.69, 9.17) is 4.74 Å². The van der Waals surface area contributed by atoms with Gasteiger partial charge in [0.15, 0.2) is 11.5 Å². The Balaban J connectivity index is 1.58. The Morgan fingerprint density at radius 2 is 1.97 bits per heavy atom. The molecular formula is C24H24N2O4. The number of aromatic hydroxyl groups is 1. The van der Waals surface area contributed by atoms with Crippen LogP contribution in [0.25, 0.3) is 0 Å². The summed E-state index contributed by atoms with van der Waals surface area (Å²) in [6.45, 7) is 2.49. The minimum Gasteiger partial charge on any atom is -0.508 e. The number of hydrogen-bond acceptors (Lipinski definition) is 5. The third-order valence-electron chi connectivity index (χ3n) is 6.49. The molecule has 1 saturated carbocycles. The van der Waals surface area contributed by atoms with Crippen LogP contribution < -0.4 is 0 Å². The summed E-state index contributed by atoms with van der Waals surface area (Å²) >= 11 is 0. The number of phenols is 1. The van der Waals surface area contributed by atoms with E-state index >= 15 is 0 Å². The smallest absolute Gasteiger partial charge is 0.290 e. The van der Waals surface area contributed by atoms with Gasteiger partial charge in [-0.25, -0.2) is 0 Å². The Morgan fingerprint density at radius 3 is 2.70 bits per heavy atom. The van der Waals surface area contributed by atoms with Crippen molar-refractivity contribution in [2.75, 3.05) is 0 Å². The molecule has 154 valence electrons. The molecule has 30 heavy (non-hydrogen) atoms. The first-order valence-electron chi connectivity index (χ1n) is 10.5. The summed E-state index contributed by atoms with van der Waals surface area (Å²) in [6, 6.07) is 9.91. The molecule has 6 heteroatoms. The fraction of sp³-hybridized carbons (Fsp3) is 0.375. The van der Waals surface area contributed by atoms with Crippen LogP contribution in [0.15, 0.2) is 60.1 Å². The van der Waals surface area contributed by atoms with Crippen LogP contribution in [0.2, 0.25) is 0 Å². The largest absolute Gasteiger partial charge is 0.508 e. The fourth-order valence-corrected chi connectivity index (χ4v) is 4.98. The van der Waals surface area contributed by atoms with Gasteiger partial charge >= 0.3 is 0 Å². The number of fused-ring (bicyclic) bond motifs is 1. The van der Waals surface area contributed by atoms with E-state index in [1.54, 1.807) is 41.6 Å². The lowest BCUT2D eigenvalue weighted by Gasteiger charge is -2.37. The fourth-order valence-electron chi connectivity index (χ4n) is 4.98. The lowest BCUT2D eigenvalue weighted by molar-refractivity contribution is -0.136. The molecule has 0 bridgehead atoms. The highest BCUT2D eigenvalue weighted by Crippen LogP contribution is 2.48. The molecule has 0 saturated heterocycles. The van der Waals surface area contributed by atoms with Gasteiger partial charge in [-0.3, -0.25) is 14.6 Å². The van der Waals surface area contributed by atoms with Gasteiger partial charge in [0.2, 0.25) is 0 Å². The highest BCUT2D eigenvalue weighted by Gasteiger charge is 2.52. The number of benzene rings is 1. The molecule has 1 aliphatic carbocycles. The molecule has 0 spiro atoms. The van der Waals surface area contributed by atoms with Crippen molar-refractivity contribution in [3.63, 3.8) is 0 Å². The van der Waals surface area contributed by atoms with Crippen molar-refractivity contribution in [3.05, 3.63) is 71.3 Å². The van der Waals surface area contributed by atoms with E-state index in [1.807, 2.05) is 12.1 Å². The van der Waals surface area contributed by atoms with Gasteiger partial charge in [-0.05, 0) is 54.5 Å². The zero-order valence-corrected chi connectivity index (χ0v) is 16.8. The van der Waals surface area contributed by atoms with E-state index < -0.39 is 6.04 Å². The molecule has 6 nitrogen and oxygen atoms in total. The lowest BCUT2D eigenvalue weighted by Crippen LogP contribution is -2.41. The predicted octanol–water partition coefficient (Wildman–Crippen LogP) is 3.53. The molecule has 2 aromatic rings. The average molecular weight is 404 g/mol. The molecule has 2 aliphatic heterocycles. The van der Waals surface area contributed by atoms with E-state index in [2.05, 4.69) is 11.9 Å². The number of phenolic OH excluding ortho intramolecular Hbond substituents is 1. The van der Waals surface area contributed by atoms with Crippen LogP contribution in [0.1, 0.15) is 43.4 Å². The quantitative estimate of drug-likeness (QED) is 0.847. The van der Waals surface area contributed by atoms with Crippen molar-refractivity contribution in [2.24, 2.45) is 11.8 Å². The van der Waals surface area contributed by atoms with Gasteiger partial charge in [-0.15, -0.1) is 0 Å². The summed E-state index contributed by atoms with van der Waals surface area (Å²) in [7, 11) is 0. The molecule has 1 fully saturated rings. The molecule has 1 aromatic carbocycles. The maximum absolute atomic E-state index is 13.6. The van der Waals surface area contributed by atoms with Crippen LogP contribution in [0.5, 0.6) is 5.75 Å². The Hall–Kier alpha value is -3.15. The summed E-state index contributed by atoms with van der Waals surface area (Å²) < 4.78 is 6.19. The van der Waals surface area contributed by atoms with Crippen molar-refractivity contribution in [1.29, 1.82) is 0 Å². The number of aromatic nitrogens is 1. The summed E-state index contributed by atoms with van der Waals surface area (Å²) in [4.78, 5) is 32.8. The topological polar surface area (TPSA) is 79.7 Å². The Morgan fingerprint density at radius 1 is 1.17 bits per heavy atom. The number of Topliss-reactive ketones (excluding diaryl/α,β-unsaturated/α-hetero) is 1. The van der Waals surface area contributed by atoms with Crippen molar-refractivity contribution in [1.82, 2.24) is 9.88 Å². The van der Waals surface area contributed by atoms with Crippen molar-refractivity contribution < 1.29 is 19.4 Å². The standard InChI is InChI=1S/C24H24N2O4/c1-14-4-9-19-18(11-14)22(28)20-21(16-5-7-17(27)8-6-16)26(24(29)23(20)30-19)13-15-3-2-10-25-12-15/h2-3,5-8,10,12,14,18-19,21,27H,4,9,11,13H2,1H3. The van der Waals surface area contributed by atoms with Crippen LogP contribution in [-0.4, -0.2) is 32.8 Å². The maximum Gasteiger partial charge on any atom is 0.290 e. The highest BCUT2D eigenvalue weighted by atomic mass is 16.5. The third kappa shape index (κ3) is 3.07. The molecule has 0 radical (unpaired) electrons. The Bertz CT molecular complexity index is 1020. The summed E-state index contributed by atoms with van der Waals surface area (Å²) in [5.74, 6) is 0.404. The molecule has 3 heterocycles. The number of nitrogens with zero attached hydrogens (tertiary/aromatic N) is 2. The van der Waals surface area contributed by atoms with Gasteiger partial charge in [-0.1, -0.05) is 25.1 Å². The molecule has 1 N–H and O–H groups in total. The van der Waals surface area contributed by atoms with Crippen LogP contribution in [-0.2, 0) is 20.9 Å². The van der Waals surface area contributed by atoms with Crippen LogP contribution in [0, 0.1) is 11.8 Å². The molecule has 5 rings (SSSR count). The van der Waals surface area contributed by atoms with Gasteiger partial charge in [-0.2, -0.15) is 0 Å². The summed E-state index contributed by atoms with van der Waals surface area (Å²) in [6.07, 6.45) is 5.80. The van der Waals surface area contributed by atoms with E-state index in [1.165, 1.54) is 0 Å². The molecule has 1 aromatic heterocycles. The number of hydrogen-bond donors (Lipinski definition) is 1. The second kappa shape index (κ2) is 7.27. The average Bonchev–Trinajstić information content (AvgIpc) is 3.02. The first kappa shape index (κ1) is 18.9. The number of carbonyl (C=O) groups is 2. The molecule has 3 aliphatic rings. The second-order valence-corrected chi connectivity index (χ2v) is 8.58. The summed E-state index contributed by atoms with van der Waals surface area (Å²) in [5.41, 5.74) is 2.13. The number of rotatable bonds is 3. The molecule has 4 atom stereocenters. The Kier molecular flexibility index (Phi) is 4.57. The highest BCUT2D eigenvalue weighted by molar-refractivity contribution is 6.11. The number of pyridine rings is 1. The van der Waals surface area contributed by atoms with Gasteiger partial charge < -0.3 is 14.7 Å². The van der Waals surface area contributed by atoms with Gasteiger partial charge in [0.05, 0.1) is 17.5 Å². The van der Waals surface area contributed by atoms with Crippen molar-refractivity contribution in [2.45, 2.75) is 44.9 Å². The minimum atomic E-state index is -0.529. The van der Waals surface area contributed by atoms with Gasteiger partial charge in [0.25, 0.3) is 5.91 Å². The lowest BCUT2D eigenvalue weighted by atomic mass is 9.74.